The minimum Gasteiger partial charge on any atom is -0.389 e. The number of aliphatic hydroxyl groups excluding tert-OH is 1. The van der Waals surface area contributed by atoms with Crippen LogP contribution >= 0.6 is 0 Å². The van der Waals surface area contributed by atoms with Gasteiger partial charge in [-0.1, -0.05) is 44.2 Å². The summed E-state index contributed by atoms with van der Waals surface area (Å²) in [5, 5.41) is 9.73. The van der Waals surface area contributed by atoms with Crippen molar-refractivity contribution in [3.05, 3.63) is 36.0 Å². The van der Waals surface area contributed by atoms with Crippen LogP contribution in [0, 0.1) is 11.8 Å². The second-order valence-corrected chi connectivity index (χ2v) is 5.75. The lowest BCUT2D eigenvalue weighted by atomic mass is 9.81. The van der Waals surface area contributed by atoms with E-state index in [9.17, 15) is 9.90 Å². The lowest BCUT2D eigenvalue weighted by Crippen LogP contribution is -2.20. The van der Waals surface area contributed by atoms with E-state index >= 15 is 0 Å². The van der Waals surface area contributed by atoms with Gasteiger partial charge in [0.15, 0.2) is 0 Å². The first-order valence-corrected chi connectivity index (χ1v) is 8.10. The van der Waals surface area contributed by atoms with Crippen LogP contribution in [-0.2, 0) is 4.79 Å². The average Bonchev–Trinajstić information content (AvgIpc) is 2.47. The van der Waals surface area contributed by atoms with Crippen molar-refractivity contribution in [2.75, 3.05) is 0 Å². The molecule has 0 aliphatic heterocycles. The predicted octanol–water partition coefficient (Wildman–Crippen LogP) is 4.85. The van der Waals surface area contributed by atoms with Gasteiger partial charge >= 0.3 is 0 Å². The molecule has 0 spiro atoms. The van der Waals surface area contributed by atoms with Crippen molar-refractivity contribution in [3.8, 4) is 0 Å². The summed E-state index contributed by atoms with van der Waals surface area (Å²) in [6, 6.07) is 0. The molecule has 0 aromatic carbocycles. The zero-order valence-corrected chi connectivity index (χ0v) is 14.1. The van der Waals surface area contributed by atoms with Crippen molar-refractivity contribution in [1.29, 1.82) is 0 Å². The minimum absolute atomic E-state index is 0.0328. The van der Waals surface area contributed by atoms with Gasteiger partial charge in [-0.2, -0.15) is 0 Å². The zero-order chi connectivity index (χ0) is 16.3. The van der Waals surface area contributed by atoms with Crippen LogP contribution < -0.4 is 0 Å². The van der Waals surface area contributed by atoms with Gasteiger partial charge in [-0.05, 0) is 57.4 Å². The number of rotatable bonds is 6. The molecule has 3 unspecified atom stereocenters. The van der Waals surface area contributed by atoms with Gasteiger partial charge in [0, 0.05) is 5.92 Å². The van der Waals surface area contributed by atoms with E-state index in [0.717, 1.165) is 49.5 Å². The molecule has 120 valence electrons. The van der Waals surface area contributed by atoms with Gasteiger partial charge in [0.1, 0.15) is 6.29 Å². The molecule has 0 heterocycles. The molecule has 0 bridgehead atoms. The second-order valence-electron chi connectivity index (χ2n) is 5.75. The first-order valence-electron chi connectivity index (χ1n) is 8.10. The van der Waals surface area contributed by atoms with Crippen LogP contribution in [-0.4, -0.2) is 17.5 Å². The number of carbonyl (C=O) groups is 1. The van der Waals surface area contributed by atoms with E-state index < -0.39 is 0 Å². The molecular weight excluding hydrogens is 260 g/mol. The summed E-state index contributed by atoms with van der Waals surface area (Å²) in [5.41, 5.74) is 2.06. The van der Waals surface area contributed by atoms with E-state index in [1.165, 1.54) is 0 Å². The topological polar surface area (TPSA) is 37.3 Å². The van der Waals surface area contributed by atoms with Crippen molar-refractivity contribution in [3.63, 3.8) is 0 Å². The normalized spacial score (nSPS) is 23.0. The highest BCUT2D eigenvalue weighted by Crippen LogP contribution is 2.30. The van der Waals surface area contributed by atoms with E-state index in [4.69, 9.17) is 0 Å². The molecule has 0 aromatic heterocycles. The van der Waals surface area contributed by atoms with Crippen LogP contribution in [0.5, 0.6) is 0 Å². The molecule has 1 N–H and O–H groups in total. The largest absolute Gasteiger partial charge is 0.389 e. The molecule has 3 atom stereocenters. The van der Waals surface area contributed by atoms with E-state index in [1.807, 2.05) is 13.8 Å². The highest BCUT2D eigenvalue weighted by Gasteiger charge is 2.22. The summed E-state index contributed by atoms with van der Waals surface area (Å²) in [6.07, 6.45) is 11.8. The molecule has 1 aliphatic carbocycles. The van der Waals surface area contributed by atoms with Gasteiger partial charge in [0.25, 0.3) is 0 Å². The van der Waals surface area contributed by atoms with E-state index in [1.54, 1.807) is 0 Å². The Kier molecular flexibility index (Phi) is 10.9. The van der Waals surface area contributed by atoms with Gasteiger partial charge in [-0.25, -0.2) is 0 Å². The molecule has 2 heteroatoms. The molecule has 0 fully saturated rings. The minimum atomic E-state index is -0.263. The van der Waals surface area contributed by atoms with Crippen LogP contribution in [0.3, 0.4) is 0 Å². The first kappa shape index (κ1) is 19.9. The fraction of sp³-hybridized carbons (Fsp3) is 0.632. The molecule has 2 nitrogen and oxygen atoms in total. The summed E-state index contributed by atoms with van der Waals surface area (Å²) in [4.78, 5) is 10.9. The molecule has 0 amide bonds. The summed E-state index contributed by atoms with van der Waals surface area (Å²) in [7, 11) is 0. The molecule has 1 aliphatic rings. The standard InChI is InChI=1S/C14H22O2.C5H10/c1-4-12-7-11(5-6-14(12)16)8-13(9-15)10(2)3;1-3-5-4-2/h7,9,11,13-14,16H,2,4-6,8H2,1,3H3;3,5H,4H2,1-2H3/b;5-3-. The van der Waals surface area contributed by atoms with Crippen molar-refractivity contribution in [2.24, 2.45) is 11.8 Å². The summed E-state index contributed by atoms with van der Waals surface area (Å²) in [6.45, 7) is 12.0. The molecule has 0 saturated heterocycles. The Labute approximate surface area is 130 Å². The summed E-state index contributed by atoms with van der Waals surface area (Å²) >= 11 is 0. The maximum atomic E-state index is 10.9. The SMILES string of the molecule is C/C=C\CC.C=C(C)C(C=O)CC1C=C(CC)C(O)CC1. The Morgan fingerprint density at radius 1 is 1.48 bits per heavy atom. The lowest BCUT2D eigenvalue weighted by molar-refractivity contribution is -0.110. The fourth-order valence-electron chi connectivity index (χ4n) is 2.53. The molecule has 1 rings (SSSR count). The van der Waals surface area contributed by atoms with Gasteiger partial charge in [-0.15, -0.1) is 0 Å². The average molecular weight is 292 g/mol. The van der Waals surface area contributed by atoms with Crippen molar-refractivity contribution in [2.45, 2.75) is 65.9 Å². The zero-order valence-electron chi connectivity index (χ0n) is 14.1. The third-order valence-electron chi connectivity index (χ3n) is 3.92. The second kappa shape index (κ2) is 11.5. The van der Waals surface area contributed by atoms with Gasteiger partial charge in [0.05, 0.1) is 6.10 Å². The first-order chi connectivity index (χ1) is 9.99. The predicted molar refractivity (Wildman–Crippen MR) is 91.2 cm³/mol. The lowest BCUT2D eigenvalue weighted by Gasteiger charge is -2.26. The molecular formula is C19H32O2. The van der Waals surface area contributed by atoms with Crippen molar-refractivity contribution < 1.29 is 9.90 Å². The molecule has 0 aromatic rings. The fourth-order valence-corrected chi connectivity index (χ4v) is 2.53. The molecule has 21 heavy (non-hydrogen) atoms. The van der Waals surface area contributed by atoms with Gasteiger partial charge < -0.3 is 9.90 Å². The quantitative estimate of drug-likeness (QED) is 0.561. The summed E-state index contributed by atoms with van der Waals surface area (Å²) < 4.78 is 0. The number of aldehydes is 1. The highest BCUT2D eigenvalue weighted by atomic mass is 16.3. The van der Waals surface area contributed by atoms with Crippen LogP contribution in [0.2, 0.25) is 0 Å². The summed E-state index contributed by atoms with van der Waals surface area (Å²) in [5.74, 6) is 0.389. The molecule has 0 radical (unpaired) electrons. The van der Waals surface area contributed by atoms with Gasteiger partial charge in [0.2, 0.25) is 0 Å². The van der Waals surface area contributed by atoms with E-state index in [2.05, 4.69) is 38.7 Å². The Balaban J connectivity index is 0.000000690. The Morgan fingerprint density at radius 2 is 2.14 bits per heavy atom. The van der Waals surface area contributed by atoms with Gasteiger partial charge in [-0.3, -0.25) is 0 Å². The number of carbonyl (C=O) groups excluding carboxylic acids is 1. The Bertz CT molecular complexity index is 366. The number of hydrogen-bond acceptors (Lipinski definition) is 2. The van der Waals surface area contributed by atoms with Crippen molar-refractivity contribution >= 4 is 6.29 Å². The van der Waals surface area contributed by atoms with E-state index in [0.29, 0.717) is 5.92 Å². The van der Waals surface area contributed by atoms with Crippen LogP contribution in [0.1, 0.15) is 59.8 Å². The smallest absolute Gasteiger partial charge is 0.127 e. The third-order valence-corrected chi connectivity index (χ3v) is 3.92. The third kappa shape index (κ3) is 8.01. The molecule has 0 saturated carbocycles. The van der Waals surface area contributed by atoms with Crippen molar-refractivity contribution in [1.82, 2.24) is 0 Å². The number of aliphatic hydroxyl groups is 1. The highest BCUT2D eigenvalue weighted by molar-refractivity contribution is 5.58. The maximum Gasteiger partial charge on any atom is 0.127 e. The Morgan fingerprint density at radius 3 is 2.52 bits per heavy atom. The van der Waals surface area contributed by atoms with E-state index in [-0.39, 0.29) is 12.0 Å². The van der Waals surface area contributed by atoms with Crippen LogP contribution in [0.4, 0.5) is 0 Å². The number of allylic oxidation sites excluding steroid dienone is 4. The Hall–Kier alpha value is -1.15. The maximum absolute atomic E-state index is 10.9. The van der Waals surface area contributed by atoms with Crippen LogP contribution in [0.15, 0.2) is 36.0 Å². The monoisotopic (exact) mass is 292 g/mol. The number of hydrogen-bond donors (Lipinski definition) is 1. The van der Waals surface area contributed by atoms with Crippen LogP contribution in [0.25, 0.3) is 0 Å².